The molecule has 1 atom stereocenters. The second-order valence-electron chi connectivity index (χ2n) is 5.97. The Kier molecular flexibility index (Phi) is 4.94. The van der Waals surface area contributed by atoms with E-state index in [1.54, 1.807) is 12.4 Å². The number of aromatic nitrogens is 1. The molecule has 1 aromatic rings. The van der Waals surface area contributed by atoms with Crippen LogP contribution < -0.4 is 5.73 Å². The molecule has 19 heavy (non-hydrogen) atoms. The number of nitrogens with zero attached hydrogens (tertiary/aromatic N) is 1. The summed E-state index contributed by atoms with van der Waals surface area (Å²) in [4.78, 5) is 4.17. The predicted molar refractivity (Wildman–Crippen MR) is 77.7 cm³/mol. The molecule has 0 radical (unpaired) electrons. The van der Waals surface area contributed by atoms with E-state index in [4.69, 9.17) is 5.73 Å². The first-order valence-electron chi connectivity index (χ1n) is 7.48. The van der Waals surface area contributed by atoms with Crippen LogP contribution in [0.3, 0.4) is 0 Å². The van der Waals surface area contributed by atoms with E-state index in [1.807, 2.05) is 13.0 Å². The van der Waals surface area contributed by atoms with Gasteiger partial charge in [0.1, 0.15) is 0 Å². The lowest BCUT2D eigenvalue weighted by Gasteiger charge is -2.39. The third kappa shape index (κ3) is 3.15. The Labute approximate surface area is 116 Å². The van der Waals surface area contributed by atoms with Gasteiger partial charge in [-0.25, -0.2) is 0 Å². The average Bonchev–Trinajstić information content (AvgIpc) is 2.39. The first-order chi connectivity index (χ1) is 9.19. The van der Waals surface area contributed by atoms with Crippen LogP contribution in [-0.4, -0.2) is 16.6 Å². The average molecular weight is 262 g/mol. The SMILES string of the molecule is Cc1ccncc1C(O)C1(CN)CCCCCCC1. The van der Waals surface area contributed by atoms with E-state index in [1.165, 1.54) is 32.1 Å². The van der Waals surface area contributed by atoms with Gasteiger partial charge in [-0.15, -0.1) is 0 Å². The molecule has 1 unspecified atom stereocenters. The fraction of sp³-hybridized carbons (Fsp3) is 0.688. The van der Waals surface area contributed by atoms with Crippen molar-refractivity contribution in [3.63, 3.8) is 0 Å². The summed E-state index contributed by atoms with van der Waals surface area (Å²) < 4.78 is 0. The van der Waals surface area contributed by atoms with Crippen molar-refractivity contribution < 1.29 is 5.11 Å². The van der Waals surface area contributed by atoms with Gasteiger partial charge in [-0.3, -0.25) is 4.98 Å². The second kappa shape index (κ2) is 6.49. The molecule has 1 heterocycles. The fourth-order valence-electron chi connectivity index (χ4n) is 3.29. The van der Waals surface area contributed by atoms with Crippen molar-refractivity contribution in [2.24, 2.45) is 11.1 Å². The summed E-state index contributed by atoms with van der Waals surface area (Å²) in [5, 5.41) is 10.9. The third-order valence-corrected chi connectivity index (χ3v) is 4.71. The van der Waals surface area contributed by atoms with E-state index < -0.39 is 6.10 Å². The Balaban J connectivity index is 2.25. The van der Waals surface area contributed by atoms with E-state index in [0.717, 1.165) is 24.0 Å². The van der Waals surface area contributed by atoms with Crippen molar-refractivity contribution in [3.05, 3.63) is 29.6 Å². The zero-order valence-electron chi connectivity index (χ0n) is 11.9. The van der Waals surface area contributed by atoms with Gasteiger partial charge in [0.15, 0.2) is 0 Å². The van der Waals surface area contributed by atoms with Crippen molar-refractivity contribution >= 4 is 0 Å². The van der Waals surface area contributed by atoms with Crippen LogP contribution in [0.2, 0.25) is 0 Å². The molecule has 0 spiro atoms. The topological polar surface area (TPSA) is 59.1 Å². The van der Waals surface area contributed by atoms with Crippen molar-refractivity contribution in [2.75, 3.05) is 6.54 Å². The number of aliphatic hydroxyl groups is 1. The predicted octanol–water partition coefficient (Wildman–Crippen LogP) is 3.11. The maximum absolute atomic E-state index is 10.9. The molecular formula is C16H26N2O. The highest BCUT2D eigenvalue weighted by atomic mass is 16.3. The monoisotopic (exact) mass is 262 g/mol. The summed E-state index contributed by atoms with van der Waals surface area (Å²) in [5.74, 6) is 0. The van der Waals surface area contributed by atoms with E-state index in [9.17, 15) is 5.11 Å². The van der Waals surface area contributed by atoms with Crippen LogP contribution in [0, 0.1) is 12.3 Å². The molecule has 106 valence electrons. The second-order valence-corrected chi connectivity index (χ2v) is 5.97. The van der Waals surface area contributed by atoms with Gasteiger partial charge in [-0.05, 0) is 31.4 Å². The number of aryl methyl sites for hydroxylation is 1. The van der Waals surface area contributed by atoms with Gasteiger partial charge in [-0.2, -0.15) is 0 Å². The zero-order valence-corrected chi connectivity index (χ0v) is 11.9. The van der Waals surface area contributed by atoms with Gasteiger partial charge in [0.05, 0.1) is 6.10 Å². The van der Waals surface area contributed by atoms with Crippen LogP contribution in [0.25, 0.3) is 0 Å². The zero-order chi connectivity index (χ0) is 13.7. The number of hydrogen-bond acceptors (Lipinski definition) is 3. The summed E-state index contributed by atoms with van der Waals surface area (Å²) in [5.41, 5.74) is 7.97. The lowest BCUT2D eigenvalue weighted by molar-refractivity contribution is 0.00784. The molecule has 0 aromatic carbocycles. The van der Waals surface area contributed by atoms with Crippen molar-refractivity contribution in [1.82, 2.24) is 4.98 Å². The lowest BCUT2D eigenvalue weighted by atomic mass is 9.70. The third-order valence-electron chi connectivity index (χ3n) is 4.71. The van der Waals surface area contributed by atoms with Crippen molar-refractivity contribution in [2.45, 2.75) is 58.0 Å². The summed E-state index contributed by atoms with van der Waals surface area (Å²) in [6.45, 7) is 2.59. The van der Waals surface area contributed by atoms with Gasteiger partial charge in [0.25, 0.3) is 0 Å². The van der Waals surface area contributed by atoms with E-state index in [0.29, 0.717) is 6.54 Å². The summed E-state index contributed by atoms with van der Waals surface area (Å²) >= 11 is 0. The molecule has 3 heteroatoms. The van der Waals surface area contributed by atoms with Gasteiger partial charge in [0, 0.05) is 29.9 Å². The normalized spacial score (nSPS) is 21.4. The lowest BCUT2D eigenvalue weighted by Crippen LogP contribution is -2.37. The van der Waals surface area contributed by atoms with Gasteiger partial charge >= 0.3 is 0 Å². The largest absolute Gasteiger partial charge is 0.388 e. The van der Waals surface area contributed by atoms with Crippen LogP contribution in [0.4, 0.5) is 0 Å². The van der Waals surface area contributed by atoms with E-state index in [2.05, 4.69) is 4.98 Å². The van der Waals surface area contributed by atoms with E-state index >= 15 is 0 Å². The van der Waals surface area contributed by atoms with Gasteiger partial charge in [0.2, 0.25) is 0 Å². The molecule has 0 aliphatic heterocycles. The number of aliphatic hydroxyl groups excluding tert-OH is 1. The summed E-state index contributed by atoms with van der Waals surface area (Å²) in [7, 11) is 0. The first-order valence-corrected chi connectivity index (χ1v) is 7.48. The summed E-state index contributed by atoms with van der Waals surface area (Å²) in [6.07, 6.45) is 11.3. The molecule has 0 amide bonds. The molecule has 0 saturated heterocycles. The van der Waals surface area contributed by atoms with Crippen molar-refractivity contribution in [3.8, 4) is 0 Å². The molecule has 1 aromatic heterocycles. The minimum absolute atomic E-state index is 0.159. The Morgan fingerprint density at radius 2 is 1.89 bits per heavy atom. The standard InChI is InChI=1S/C16H26N2O/c1-13-7-10-18-11-14(13)15(19)16(12-17)8-5-3-2-4-6-9-16/h7,10-11,15,19H,2-6,8-9,12,17H2,1H3. The number of hydrogen-bond donors (Lipinski definition) is 2. The smallest absolute Gasteiger partial charge is 0.0875 e. The molecule has 3 nitrogen and oxygen atoms in total. The molecule has 0 bridgehead atoms. The van der Waals surface area contributed by atoms with Crippen LogP contribution >= 0.6 is 0 Å². The van der Waals surface area contributed by atoms with Crippen LogP contribution in [-0.2, 0) is 0 Å². The highest BCUT2D eigenvalue weighted by Crippen LogP contribution is 2.44. The quantitative estimate of drug-likeness (QED) is 0.880. The van der Waals surface area contributed by atoms with Gasteiger partial charge < -0.3 is 10.8 Å². The minimum Gasteiger partial charge on any atom is -0.388 e. The van der Waals surface area contributed by atoms with Gasteiger partial charge in [-0.1, -0.05) is 32.1 Å². The van der Waals surface area contributed by atoms with Crippen LogP contribution in [0.5, 0.6) is 0 Å². The minimum atomic E-state index is -0.482. The highest BCUT2D eigenvalue weighted by Gasteiger charge is 2.37. The molecular weight excluding hydrogens is 236 g/mol. The van der Waals surface area contributed by atoms with Crippen LogP contribution in [0.15, 0.2) is 18.5 Å². The maximum Gasteiger partial charge on any atom is 0.0875 e. The summed E-state index contributed by atoms with van der Waals surface area (Å²) in [6, 6.07) is 1.96. The number of pyridine rings is 1. The molecule has 1 fully saturated rings. The molecule has 2 rings (SSSR count). The Morgan fingerprint density at radius 3 is 2.47 bits per heavy atom. The molecule has 1 aliphatic rings. The maximum atomic E-state index is 10.9. The number of rotatable bonds is 3. The fourth-order valence-corrected chi connectivity index (χ4v) is 3.29. The first kappa shape index (κ1) is 14.5. The number of nitrogens with two attached hydrogens (primary N) is 1. The molecule has 3 N–H and O–H groups in total. The van der Waals surface area contributed by atoms with Crippen LogP contribution in [0.1, 0.15) is 62.2 Å². The molecule has 1 saturated carbocycles. The highest BCUT2D eigenvalue weighted by molar-refractivity contribution is 5.25. The van der Waals surface area contributed by atoms with E-state index in [-0.39, 0.29) is 5.41 Å². The Morgan fingerprint density at radius 1 is 1.26 bits per heavy atom. The van der Waals surface area contributed by atoms with Crippen molar-refractivity contribution in [1.29, 1.82) is 0 Å². The molecule has 1 aliphatic carbocycles. The Bertz CT molecular complexity index is 397. The Hall–Kier alpha value is -0.930.